The van der Waals surface area contributed by atoms with E-state index in [9.17, 15) is 0 Å². The third kappa shape index (κ3) is 3.62. The highest BCUT2D eigenvalue weighted by atomic mass is 35.6. The fourth-order valence-electron chi connectivity index (χ4n) is 1.10. The first-order valence-electron chi connectivity index (χ1n) is 4.37. The van der Waals surface area contributed by atoms with Crippen LogP contribution in [0.4, 0.5) is 0 Å². The SMILES string of the molecule is CCCC[Si](Cl)(CC)CC. The molecule has 0 aliphatic rings. The van der Waals surface area contributed by atoms with Gasteiger partial charge in [0.25, 0.3) is 0 Å². The minimum absolute atomic E-state index is 1.24. The van der Waals surface area contributed by atoms with Crippen LogP contribution in [0.25, 0.3) is 0 Å². The number of hydrogen-bond acceptors (Lipinski definition) is 0. The molecular formula is C8H19ClSi. The van der Waals surface area contributed by atoms with Crippen molar-refractivity contribution in [2.75, 3.05) is 0 Å². The first kappa shape index (κ1) is 10.5. The Morgan fingerprint density at radius 3 is 1.90 bits per heavy atom. The minimum Gasteiger partial charge on any atom is -0.167 e. The largest absolute Gasteiger partial charge is 0.167 e. The lowest BCUT2D eigenvalue weighted by Crippen LogP contribution is -2.23. The van der Waals surface area contributed by atoms with E-state index >= 15 is 0 Å². The second kappa shape index (κ2) is 5.20. The Bertz CT molecular complexity index is 79.3. The molecule has 0 heterocycles. The zero-order chi connectivity index (χ0) is 8.04. The summed E-state index contributed by atoms with van der Waals surface area (Å²) in [6.07, 6.45) is 2.62. The summed E-state index contributed by atoms with van der Waals surface area (Å²) in [4.78, 5) is 0. The van der Waals surface area contributed by atoms with Crippen LogP contribution in [0.1, 0.15) is 33.6 Å². The fourth-order valence-corrected chi connectivity index (χ4v) is 3.69. The number of hydrogen-bond donors (Lipinski definition) is 0. The van der Waals surface area contributed by atoms with Gasteiger partial charge >= 0.3 is 0 Å². The van der Waals surface area contributed by atoms with E-state index < -0.39 is 7.38 Å². The smallest absolute Gasteiger partial charge is 0.156 e. The van der Waals surface area contributed by atoms with Crippen LogP contribution in [0.15, 0.2) is 0 Å². The number of rotatable bonds is 5. The van der Waals surface area contributed by atoms with Gasteiger partial charge in [0.2, 0.25) is 0 Å². The molecular weight excluding hydrogens is 160 g/mol. The molecule has 0 radical (unpaired) electrons. The maximum atomic E-state index is 6.43. The van der Waals surface area contributed by atoms with Crippen molar-refractivity contribution in [3.05, 3.63) is 0 Å². The first-order chi connectivity index (χ1) is 4.68. The molecule has 62 valence electrons. The van der Waals surface area contributed by atoms with Gasteiger partial charge in [-0.3, -0.25) is 0 Å². The normalized spacial score (nSPS) is 12.0. The average molecular weight is 179 g/mol. The quantitative estimate of drug-likeness (QED) is 0.441. The van der Waals surface area contributed by atoms with Crippen molar-refractivity contribution in [1.82, 2.24) is 0 Å². The van der Waals surface area contributed by atoms with Crippen LogP contribution in [-0.4, -0.2) is 7.38 Å². The van der Waals surface area contributed by atoms with E-state index in [1.807, 2.05) is 0 Å². The van der Waals surface area contributed by atoms with Gasteiger partial charge in [0, 0.05) is 0 Å². The average Bonchev–Trinajstić information content (AvgIpc) is 2.00. The van der Waals surface area contributed by atoms with E-state index in [1.54, 1.807) is 0 Å². The highest BCUT2D eigenvalue weighted by Crippen LogP contribution is 2.26. The Balaban J connectivity index is 3.58. The van der Waals surface area contributed by atoms with Crippen LogP contribution in [-0.2, 0) is 0 Å². The lowest BCUT2D eigenvalue weighted by atomic mass is 10.4. The van der Waals surface area contributed by atoms with Crippen LogP contribution >= 0.6 is 11.1 Å². The van der Waals surface area contributed by atoms with E-state index in [0.717, 1.165) is 0 Å². The predicted octanol–water partition coefficient (Wildman–Crippen LogP) is 4.01. The highest BCUT2D eigenvalue weighted by Gasteiger charge is 2.24. The van der Waals surface area contributed by atoms with Crippen LogP contribution in [0.2, 0.25) is 18.1 Å². The van der Waals surface area contributed by atoms with Crippen molar-refractivity contribution < 1.29 is 0 Å². The minimum atomic E-state index is -1.25. The topological polar surface area (TPSA) is 0 Å². The summed E-state index contributed by atoms with van der Waals surface area (Å²) < 4.78 is 0. The van der Waals surface area contributed by atoms with Crippen molar-refractivity contribution in [3.8, 4) is 0 Å². The van der Waals surface area contributed by atoms with E-state index in [-0.39, 0.29) is 0 Å². The van der Waals surface area contributed by atoms with Crippen molar-refractivity contribution in [2.24, 2.45) is 0 Å². The molecule has 0 atom stereocenters. The highest BCUT2D eigenvalue weighted by molar-refractivity contribution is 7.20. The monoisotopic (exact) mass is 178 g/mol. The van der Waals surface area contributed by atoms with Gasteiger partial charge in [0.15, 0.2) is 7.38 Å². The van der Waals surface area contributed by atoms with Gasteiger partial charge in [0.05, 0.1) is 0 Å². The van der Waals surface area contributed by atoms with Gasteiger partial charge in [0.1, 0.15) is 0 Å². The standard InChI is InChI=1S/C8H19ClSi/c1-4-7-8-10(9,5-2)6-3/h4-8H2,1-3H3. The summed E-state index contributed by atoms with van der Waals surface area (Å²) in [7, 11) is -1.25. The second-order valence-corrected chi connectivity index (χ2v) is 9.58. The van der Waals surface area contributed by atoms with Gasteiger partial charge in [-0.2, -0.15) is 11.1 Å². The molecule has 10 heavy (non-hydrogen) atoms. The molecule has 0 rings (SSSR count). The molecule has 0 aromatic carbocycles. The summed E-state index contributed by atoms with van der Waals surface area (Å²) in [6.45, 7) is 6.70. The summed E-state index contributed by atoms with van der Waals surface area (Å²) in [5.74, 6) is 0. The molecule has 0 spiro atoms. The fraction of sp³-hybridized carbons (Fsp3) is 1.00. The third-order valence-corrected chi connectivity index (χ3v) is 8.20. The Labute approximate surface area is 70.7 Å². The molecule has 0 aromatic heterocycles. The molecule has 0 fully saturated rings. The van der Waals surface area contributed by atoms with Crippen molar-refractivity contribution in [2.45, 2.75) is 51.7 Å². The Morgan fingerprint density at radius 1 is 1.10 bits per heavy atom. The molecule has 0 saturated carbocycles. The van der Waals surface area contributed by atoms with E-state index in [4.69, 9.17) is 11.1 Å². The molecule has 0 bridgehead atoms. The lowest BCUT2D eigenvalue weighted by Gasteiger charge is -2.19. The lowest BCUT2D eigenvalue weighted by molar-refractivity contribution is 0.865. The summed E-state index contributed by atoms with van der Waals surface area (Å²) in [6, 6.07) is 3.80. The molecule has 0 saturated heterocycles. The molecule has 0 amide bonds. The Hall–Kier alpha value is 0.507. The zero-order valence-corrected chi connectivity index (χ0v) is 9.17. The van der Waals surface area contributed by atoms with Crippen molar-refractivity contribution in [3.63, 3.8) is 0 Å². The van der Waals surface area contributed by atoms with Crippen molar-refractivity contribution in [1.29, 1.82) is 0 Å². The summed E-state index contributed by atoms with van der Waals surface area (Å²) in [5, 5.41) is 0. The van der Waals surface area contributed by atoms with Crippen LogP contribution < -0.4 is 0 Å². The van der Waals surface area contributed by atoms with Crippen LogP contribution in [0, 0.1) is 0 Å². The van der Waals surface area contributed by atoms with Crippen LogP contribution in [0.3, 0.4) is 0 Å². The van der Waals surface area contributed by atoms with Crippen LogP contribution in [0.5, 0.6) is 0 Å². The second-order valence-electron chi connectivity index (χ2n) is 2.96. The predicted molar refractivity (Wildman–Crippen MR) is 52.3 cm³/mol. The Morgan fingerprint density at radius 2 is 1.60 bits per heavy atom. The number of unbranched alkanes of at least 4 members (excludes halogenated alkanes) is 1. The molecule has 0 aromatic rings. The van der Waals surface area contributed by atoms with Gasteiger partial charge in [-0.25, -0.2) is 0 Å². The maximum absolute atomic E-state index is 6.43. The van der Waals surface area contributed by atoms with E-state index in [0.29, 0.717) is 0 Å². The molecule has 0 unspecified atom stereocenters. The van der Waals surface area contributed by atoms with Gasteiger partial charge < -0.3 is 0 Å². The third-order valence-electron chi connectivity index (χ3n) is 2.25. The maximum Gasteiger partial charge on any atom is 0.156 e. The zero-order valence-electron chi connectivity index (χ0n) is 7.41. The Kier molecular flexibility index (Phi) is 5.46. The molecule has 0 aliphatic heterocycles. The summed E-state index contributed by atoms with van der Waals surface area (Å²) in [5.41, 5.74) is 0. The van der Waals surface area contributed by atoms with Gasteiger partial charge in [-0.05, 0) is 18.1 Å². The van der Waals surface area contributed by atoms with Crippen molar-refractivity contribution >= 4 is 18.5 Å². The van der Waals surface area contributed by atoms with Gasteiger partial charge in [-0.15, -0.1) is 0 Å². The van der Waals surface area contributed by atoms with E-state index in [1.165, 1.54) is 31.0 Å². The van der Waals surface area contributed by atoms with E-state index in [2.05, 4.69) is 20.8 Å². The molecule has 0 nitrogen and oxygen atoms in total. The first-order valence-corrected chi connectivity index (χ1v) is 8.00. The molecule has 0 N–H and O–H groups in total. The summed E-state index contributed by atoms with van der Waals surface area (Å²) >= 11 is 6.43. The number of halogens is 1. The molecule has 2 heteroatoms. The molecule has 0 aliphatic carbocycles. The van der Waals surface area contributed by atoms with Gasteiger partial charge in [-0.1, -0.05) is 33.6 Å².